The molecule has 0 aliphatic heterocycles. The predicted octanol–water partition coefficient (Wildman–Crippen LogP) is 0.721. The molecular weight excluding hydrogens is 104 g/mol. The zero-order chi connectivity index (χ0) is 6.24. The molecule has 0 unspecified atom stereocenters. The van der Waals surface area contributed by atoms with Crippen LogP contribution < -0.4 is 0 Å². The second-order valence-electron chi connectivity index (χ2n) is 1.31. The van der Waals surface area contributed by atoms with Gasteiger partial charge in [-0.15, -0.1) is 0 Å². The third-order valence-electron chi connectivity index (χ3n) is 0.666. The number of carbonyl (C=O) groups is 2. The maximum Gasteiger partial charge on any atom is 0.142 e. The van der Waals surface area contributed by atoms with Crippen LogP contribution in [-0.2, 0) is 9.59 Å². The molecule has 0 atom stereocenters. The molecule has 0 radical (unpaired) electrons. The van der Waals surface area contributed by atoms with E-state index in [4.69, 9.17) is 0 Å². The highest BCUT2D eigenvalue weighted by Crippen LogP contribution is 1.83. The lowest BCUT2D eigenvalue weighted by molar-refractivity contribution is -0.108. The van der Waals surface area contributed by atoms with Crippen molar-refractivity contribution in [2.75, 3.05) is 0 Å². The maximum absolute atomic E-state index is 9.65. The minimum Gasteiger partial charge on any atom is -0.303 e. The fourth-order valence-electron chi connectivity index (χ4n) is 0.316. The third kappa shape index (κ3) is 5.08. The smallest absolute Gasteiger partial charge is 0.142 e. The molecule has 8 heavy (non-hydrogen) atoms. The first-order valence-corrected chi connectivity index (χ1v) is 2.45. The maximum atomic E-state index is 9.65. The van der Waals surface area contributed by atoms with Gasteiger partial charge in [0.2, 0.25) is 0 Å². The van der Waals surface area contributed by atoms with Crippen molar-refractivity contribution in [3.63, 3.8) is 0 Å². The van der Waals surface area contributed by atoms with E-state index < -0.39 is 0 Å². The molecule has 0 saturated carbocycles. The van der Waals surface area contributed by atoms with Gasteiger partial charge in [-0.25, -0.2) is 0 Å². The molecule has 0 fully saturated rings. The van der Waals surface area contributed by atoms with Crippen molar-refractivity contribution < 1.29 is 9.59 Å². The molecule has 0 heterocycles. The summed E-state index contributed by atoms with van der Waals surface area (Å²) in [5.74, 6) is 0. The third-order valence-corrected chi connectivity index (χ3v) is 0.666. The lowest BCUT2D eigenvalue weighted by Gasteiger charge is -1.75. The Morgan fingerprint density at radius 3 is 2.38 bits per heavy atom. The van der Waals surface area contributed by atoms with Gasteiger partial charge in [0.05, 0.1) is 0 Å². The molecule has 0 N–H and O–H groups in total. The van der Waals surface area contributed by atoms with Gasteiger partial charge in [-0.05, 0) is 12.5 Å². The molecule has 0 spiro atoms. The van der Waals surface area contributed by atoms with Crippen molar-refractivity contribution in [3.05, 3.63) is 12.2 Å². The van der Waals surface area contributed by atoms with Gasteiger partial charge in [-0.2, -0.15) is 0 Å². The van der Waals surface area contributed by atoms with Crippen LogP contribution in [0.2, 0.25) is 0 Å². The van der Waals surface area contributed by atoms with Crippen LogP contribution in [0.25, 0.3) is 0 Å². The van der Waals surface area contributed by atoms with E-state index >= 15 is 0 Å². The Morgan fingerprint density at radius 1 is 1.12 bits per heavy atom. The van der Waals surface area contributed by atoms with E-state index in [-0.39, 0.29) is 0 Å². The van der Waals surface area contributed by atoms with E-state index in [1.54, 1.807) is 6.08 Å². The lowest BCUT2D eigenvalue weighted by atomic mass is 10.3. The molecule has 0 aliphatic carbocycles. The van der Waals surface area contributed by atoms with Crippen molar-refractivity contribution in [1.82, 2.24) is 0 Å². The molecule has 0 aromatic carbocycles. The largest absolute Gasteiger partial charge is 0.303 e. The van der Waals surface area contributed by atoms with Gasteiger partial charge in [0.1, 0.15) is 12.6 Å². The highest BCUT2D eigenvalue weighted by molar-refractivity contribution is 5.64. The van der Waals surface area contributed by atoms with Crippen molar-refractivity contribution >= 4 is 12.6 Å². The van der Waals surface area contributed by atoms with Crippen LogP contribution in [-0.4, -0.2) is 12.6 Å². The standard InChI is InChI=1S/C6H8O2/c7-5-3-1-2-4-6-8/h1,3,5-6H,2,4H2/b3-1+. The van der Waals surface area contributed by atoms with Gasteiger partial charge >= 0.3 is 0 Å². The highest BCUT2D eigenvalue weighted by atomic mass is 16.1. The number of rotatable bonds is 4. The Labute approximate surface area is 48.2 Å². The zero-order valence-corrected chi connectivity index (χ0v) is 4.54. The van der Waals surface area contributed by atoms with Crippen molar-refractivity contribution in [2.45, 2.75) is 12.8 Å². The average Bonchev–Trinajstić information content (AvgIpc) is 1.81. The summed E-state index contributed by atoms with van der Waals surface area (Å²) in [6, 6.07) is 0. The average molecular weight is 112 g/mol. The topological polar surface area (TPSA) is 34.1 Å². The quantitative estimate of drug-likeness (QED) is 0.305. The van der Waals surface area contributed by atoms with E-state index in [2.05, 4.69) is 0 Å². The summed E-state index contributed by atoms with van der Waals surface area (Å²) in [4.78, 5) is 19.2. The summed E-state index contributed by atoms with van der Waals surface area (Å²) in [6.07, 6.45) is 5.76. The molecule has 0 bridgehead atoms. The molecule has 0 saturated heterocycles. The van der Waals surface area contributed by atoms with Crippen LogP contribution in [0.3, 0.4) is 0 Å². The van der Waals surface area contributed by atoms with Gasteiger partial charge in [0.25, 0.3) is 0 Å². The van der Waals surface area contributed by atoms with Crippen molar-refractivity contribution in [2.24, 2.45) is 0 Å². The second-order valence-corrected chi connectivity index (χ2v) is 1.31. The van der Waals surface area contributed by atoms with Crippen LogP contribution in [0.1, 0.15) is 12.8 Å². The number of hydrogen-bond acceptors (Lipinski definition) is 2. The van der Waals surface area contributed by atoms with E-state index in [9.17, 15) is 9.59 Å². The van der Waals surface area contributed by atoms with Crippen molar-refractivity contribution in [3.8, 4) is 0 Å². The van der Waals surface area contributed by atoms with Gasteiger partial charge in [0, 0.05) is 6.42 Å². The molecule has 0 aromatic rings. The number of carbonyl (C=O) groups excluding carboxylic acids is 2. The fourth-order valence-corrected chi connectivity index (χ4v) is 0.316. The summed E-state index contributed by atoms with van der Waals surface area (Å²) in [5, 5.41) is 0. The highest BCUT2D eigenvalue weighted by Gasteiger charge is 1.74. The lowest BCUT2D eigenvalue weighted by Crippen LogP contribution is -1.69. The fraction of sp³-hybridized carbons (Fsp3) is 0.333. The summed E-state index contributed by atoms with van der Waals surface area (Å²) >= 11 is 0. The zero-order valence-electron chi connectivity index (χ0n) is 4.54. The van der Waals surface area contributed by atoms with Crippen LogP contribution in [0, 0.1) is 0 Å². The van der Waals surface area contributed by atoms with E-state index in [0.717, 1.165) is 6.29 Å². The molecule has 0 aromatic heterocycles. The molecule has 0 rings (SSSR count). The Morgan fingerprint density at radius 2 is 1.88 bits per heavy atom. The number of allylic oxidation sites excluding steroid dienone is 2. The molecule has 0 amide bonds. The Balaban J connectivity index is 3.02. The summed E-state index contributed by atoms with van der Waals surface area (Å²) in [6.45, 7) is 0. The van der Waals surface area contributed by atoms with E-state index in [1.165, 1.54) is 6.08 Å². The first-order chi connectivity index (χ1) is 3.91. The van der Waals surface area contributed by atoms with Crippen LogP contribution in [0.15, 0.2) is 12.2 Å². The Hall–Kier alpha value is -0.920. The molecule has 2 heteroatoms. The second kappa shape index (κ2) is 6.08. The normalized spacial score (nSPS) is 9.50. The van der Waals surface area contributed by atoms with E-state index in [1.807, 2.05) is 0 Å². The number of hydrogen-bond donors (Lipinski definition) is 0. The minimum atomic E-state index is 0.504. The minimum absolute atomic E-state index is 0.504. The predicted molar refractivity (Wildman–Crippen MR) is 30.5 cm³/mol. The molecular formula is C6H8O2. The first kappa shape index (κ1) is 7.08. The SMILES string of the molecule is O=C/C=C/CCC=O. The van der Waals surface area contributed by atoms with Crippen LogP contribution in [0.5, 0.6) is 0 Å². The monoisotopic (exact) mass is 112 g/mol. The van der Waals surface area contributed by atoms with Crippen LogP contribution >= 0.6 is 0 Å². The number of unbranched alkanes of at least 4 members (excludes halogenated alkanes) is 1. The first-order valence-electron chi connectivity index (χ1n) is 2.45. The van der Waals surface area contributed by atoms with Gasteiger partial charge < -0.3 is 4.79 Å². The Bertz CT molecular complexity index is 94.7. The van der Waals surface area contributed by atoms with Gasteiger partial charge in [-0.1, -0.05) is 6.08 Å². The molecule has 2 nitrogen and oxygen atoms in total. The Kier molecular flexibility index (Phi) is 5.38. The summed E-state index contributed by atoms with van der Waals surface area (Å²) in [7, 11) is 0. The number of aldehydes is 2. The van der Waals surface area contributed by atoms with Crippen LogP contribution in [0.4, 0.5) is 0 Å². The summed E-state index contributed by atoms with van der Waals surface area (Å²) < 4.78 is 0. The molecule has 0 aliphatic rings. The molecule has 44 valence electrons. The van der Waals surface area contributed by atoms with Gasteiger partial charge in [0.15, 0.2) is 0 Å². The summed E-state index contributed by atoms with van der Waals surface area (Å²) in [5.41, 5.74) is 0. The van der Waals surface area contributed by atoms with Crippen molar-refractivity contribution in [1.29, 1.82) is 0 Å². The van der Waals surface area contributed by atoms with Gasteiger partial charge in [-0.3, -0.25) is 4.79 Å². The van der Waals surface area contributed by atoms with E-state index in [0.29, 0.717) is 19.1 Å².